The van der Waals surface area contributed by atoms with E-state index in [1.165, 1.54) is 0 Å². The number of hydrogen-bond donors (Lipinski definition) is 0. The molecule has 2 aliphatic rings. The number of aromatic nitrogens is 2. The number of anilines is 1. The number of hydrogen-bond acceptors (Lipinski definition) is 6. The molecule has 4 heterocycles. The second-order valence-corrected chi connectivity index (χ2v) is 7.00. The summed E-state index contributed by atoms with van der Waals surface area (Å²) >= 11 is 0. The third-order valence-corrected chi connectivity index (χ3v) is 4.97. The van der Waals surface area contributed by atoms with Gasteiger partial charge in [0.2, 0.25) is 5.95 Å². The van der Waals surface area contributed by atoms with Gasteiger partial charge in [0.15, 0.2) is 0 Å². The molecule has 0 bridgehead atoms. The maximum atomic E-state index is 5.95. The molecule has 0 amide bonds. The molecule has 128 valence electrons. The topological polar surface area (TPSA) is 54.6 Å². The molecule has 6 heteroatoms. The van der Waals surface area contributed by atoms with Gasteiger partial charge in [-0.1, -0.05) is 0 Å². The van der Waals surface area contributed by atoms with Crippen molar-refractivity contribution in [3.8, 4) is 0 Å². The Hall–Kier alpha value is -1.92. The van der Waals surface area contributed by atoms with Crippen LogP contribution in [0.3, 0.4) is 0 Å². The number of rotatable bonds is 3. The van der Waals surface area contributed by atoms with E-state index in [-0.39, 0.29) is 5.41 Å². The Bertz CT molecular complexity index is 675. The van der Waals surface area contributed by atoms with E-state index in [4.69, 9.17) is 9.15 Å². The summed E-state index contributed by atoms with van der Waals surface area (Å²) in [5, 5.41) is 0. The molecule has 6 nitrogen and oxygen atoms in total. The van der Waals surface area contributed by atoms with Gasteiger partial charge in [-0.15, -0.1) is 0 Å². The Labute approximate surface area is 142 Å². The van der Waals surface area contributed by atoms with Crippen LogP contribution in [0, 0.1) is 12.3 Å². The largest absolute Gasteiger partial charge is 0.465 e. The van der Waals surface area contributed by atoms with Gasteiger partial charge in [-0.25, -0.2) is 9.97 Å². The van der Waals surface area contributed by atoms with Crippen molar-refractivity contribution in [3.05, 3.63) is 42.1 Å². The Morgan fingerprint density at radius 2 is 2.04 bits per heavy atom. The van der Waals surface area contributed by atoms with Gasteiger partial charge in [0.25, 0.3) is 0 Å². The number of aryl methyl sites for hydroxylation is 1. The van der Waals surface area contributed by atoms with Crippen LogP contribution in [0.2, 0.25) is 0 Å². The standard InChI is InChI=1S/C18H24N4O2/c1-15-3-4-16(24-15)11-21-9-10-23-14-18(12-21)5-8-22(13-18)17-19-6-2-7-20-17/h2-4,6-7H,5,8-14H2,1H3/t18-/m0/s1. The molecule has 1 spiro atoms. The fourth-order valence-corrected chi connectivity index (χ4v) is 3.81. The van der Waals surface area contributed by atoms with Crippen LogP contribution in [-0.4, -0.2) is 54.3 Å². The average Bonchev–Trinajstić information content (AvgIpc) is 3.13. The first-order valence-electron chi connectivity index (χ1n) is 8.60. The summed E-state index contributed by atoms with van der Waals surface area (Å²) in [6.07, 6.45) is 4.73. The Kier molecular flexibility index (Phi) is 4.24. The number of ether oxygens (including phenoxy) is 1. The second-order valence-electron chi connectivity index (χ2n) is 7.00. The van der Waals surface area contributed by atoms with Crippen molar-refractivity contribution < 1.29 is 9.15 Å². The maximum Gasteiger partial charge on any atom is 0.225 e. The predicted octanol–water partition coefficient (Wildman–Crippen LogP) is 2.11. The van der Waals surface area contributed by atoms with Crippen LogP contribution < -0.4 is 4.90 Å². The second kappa shape index (κ2) is 6.53. The molecule has 2 aromatic rings. The van der Waals surface area contributed by atoms with Crippen molar-refractivity contribution in [2.24, 2.45) is 5.41 Å². The summed E-state index contributed by atoms with van der Waals surface area (Å²) in [5.41, 5.74) is 0.150. The molecule has 0 N–H and O–H groups in total. The molecule has 1 atom stereocenters. The monoisotopic (exact) mass is 328 g/mol. The molecule has 0 aromatic carbocycles. The van der Waals surface area contributed by atoms with Crippen LogP contribution in [0.5, 0.6) is 0 Å². The first-order chi connectivity index (χ1) is 11.7. The molecule has 0 unspecified atom stereocenters. The first kappa shape index (κ1) is 15.6. The lowest BCUT2D eigenvalue weighted by molar-refractivity contribution is 0.0796. The Morgan fingerprint density at radius 1 is 1.17 bits per heavy atom. The van der Waals surface area contributed by atoms with E-state index in [2.05, 4.69) is 25.8 Å². The van der Waals surface area contributed by atoms with Gasteiger partial charge < -0.3 is 14.1 Å². The molecule has 0 saturated carbocycles. The fraction of sp³-hybridized carbons (Fsp3) is 0.556. The van der Waals surface area contributed by atoms with E-state index in [1.54, 1.807) is 0 Å². The lowest BCUT2D eigenvalue weighted by Crippen LogP contribution is -2.40. The predicted molar refractivity (Wildman–Crippen MR) is 90.8 cm³/mol. The maximum absolute atomic E-state index is 5.95. The van der Waals surface area contributed by atoms with Crippen LogP contribution in [0.1, 0.15) is 17.9 Å². The summed E-state index contributed by atoms with van der Waals surface area (Å²) < 4.78 is 11.7. The van der Waals surface area contributed by atoms with Crippen LogP contribution in [0.25, 0.3) is 0 Å². The SMILES string of the molecule is Cc1ccc(CN2CCOC[C@@]3(CCN(c4ncccn4)C3)C2)o1. The summed E-state index contributed by atoms with van der Waals surface area (Å²) in [4.78, 5) is 13.5. The van der Waals surface area contributed by atoms with Gasteiger partial charge >= 0.3 is 0 Å². The van der Waals surface area contributed by atoms with E-state index in [0.717, 1.165) is 69.8 Å². The van der Waals surface area contributed by atoms with Crippen molar-refractivity contribution >= 4 is 5.95 Å². The highest BCUT2D eigenvalue weighted by Gasteiger charge is 2.42. The molecule has 2 saturated heterocycles. The van der Waals surface area contributed by atoms with Crippen LogP contribution >= 0.6 is 0 Å². The van der Waals surface area contributed by atoms with Crippen molar-refractivity contribution in [3.63, 3.8) is 0 Å². The summed E-state index contributed by atoms with van der Waals surface area (Å²) in [7, 11) is 0. The lowest BCUT2D eigenvalue weighted by Gasteiger charge is -2.31. The van der Waals surface area contributed by atoms with E-state index >= 15 is 0 Å². The third kappa shape index (κ3) is 3.30. The van der Waals surface area contributed by atoms with E-state index < -0.39 is 0 Å². The molecule has 24 heavy (non-hydrogen) atoms. The highest BCUT2D eigenvalue weighted by atomic mass is 16.5. The molecule has 2 aromatic heterocycles. The van der Waals surface area contributed by atoms with Crippen molar-refractivity contribution in [2.75, 3.05) is 44.3 Å². The molecular formula is C18H24N4O2. The smallest absolute Gasteiger partial charge is 0.225 e. The quantitative estimate of drug-likeness (QED) is 0.860. The minimum atomic E-state index is 0.150. The van der Waals surface area contributed by atoms with Crippen LogP contribution in [0.15, 0.2) is 35.0 Å². The van der Waals surface area contributed by atoms with Crippen LogP contribution in [0.4, 0.5) is 5.95 Å². The van der Waals surface area contributed by atoms with E-state index in [9.17, 15) is 0 Å². The summed E-state index contributed by atoms with van der Waals surface area (Å²) in [6.45, 7) is 8.34. The Balaban J connectivity index is 1.46. The van der Waals surface area contributed by atoms with Gasteiger partial charge in [-0.2, -0.15) is 0 Å². The van der Waals surface area contributed by atoms with Gasteiger partial charge in [-0.05, 0) is 31.5 Å². The summed E-state index contributed by atoms with van der Waals surface area (Å²) in [5.74, 6) is 2.83. The lowest BCUT2D eigenvalue weighted by atomic mass is 9.87. The summed E-state index contributed by atoms with van der Waals surface area (Å²) in [6, 6.07) is 5.97. The Morgan fingerprint density at radius 3 is 2.83 bits per heavy atom. The van der Waals surface area contributed by atoms with Gasteiger partial charge in [-0.3, -0.25) is 4.90 Å². The molecule has 0 radical (unpaired) electrons. The van der Waals surface area contributed by atoms with Gasteiger partial charge in [0.05, 0.1) is 19.8 Å². The third-order valence-electron chi connectivity index (χ3n) is 4.97. The highest BCUT2D eigenvalue weighted by molar-refractivity contribution is 5.32. The molecular weight excluding hydrogens is 304 g/mol. The molecule has 2 fully saturated rings. The molecule has 2 aliphatic heterocycles. The zero-order chi connectivity index (χ0) is 16.4. The number of furan rings is 1. The minimum Gasteiger partial charge on any atom is -0.465 e. The zero-order valence-corrected chi connectivity index (χ0v) is 14.1. The average molecular weight is 328 g/mol. The first-order valence-corrected chi connectivity index (χ1v) is 8.60. The van der Waals surface area contributed by atoms with Crippen LogP contribution in [-0.2, 0) is 11.3 Å². The van der Waals surface area contributed by atoms with Crippen molar-refractivity contribution in [1.29, 1.82) is 0 Å². The van der Waals surface area contributed by atoms with E-state index in [0.29, 0.717) is 0 Å². The van der Waals surface area contributed by atoms with Gasteiger partial charge in [0, 0.05) is 44.0 Å². The number of nitrogens with zero attached hydrogens (tertiary/aromatic N) is 4. The van der Waals surface area contributed by atoms with Gasteiger partial charge in [0.1, 0.15) is 11.5 Å². The zero-order valence-electron chi connectivity index (χ0n) is 14.1. The van der Waals surface area contributed by atoms with Crippen molar-refractivity contribution in [2.45, 2.75) is 19.9 Å². The molecule has 4 rings (SSSR count). The van der Waals surface area contributed by atoms with E-state index in [1.807, 2.05) is 31.5 Å². The van der Waals surface area contributed by atoms with Crippen molar-refractivity contribution in [1.82, 2.24) is 14.9 Å². The minimum absolute atomic E-state index is 0.150. The highest BCUT2D eigenvalue weighted by Crippen LogP contribution is 2.35. The fourth-order valence-electron chi connectivity index (χ4n) is 3.81. The normalized spacial score (nSPS) is 25.3. The molecule has 0 aliphatic carbocycles.